The Kier molecular flexibility index (Phi) is 10.4. The van der Waals surface area contributed by atoms with Crippen molar-refractivity contribution in [3.8, 4) is 22.8 Å². The molecule has 0 radical (unpaired) electrons. The molecule has 0 saturated heterocycles. The van der Waals surface area contributed by atoms with Crippen molar-refractivity contribution < 1.29 is 18.8 Å². The van der Waals surface area contributed by atoms with Crippen molar-refractivity contribution >= 4 is 17.5 Å². The van der Waals surface area contributed by atoms with Crippen molar-refractivity contribution in [3.63, 3.8) is 0 Å². The molecule has 3 N–H and O–H groups in total. The normalized spacial score (nSPS) is 10.2. The number of rotatable bonds is 9. The zero-order valence-electron chi connectivity index (χ0n) is 20.4. The van der Waals surface area contributed by atoms with Gasteiger partial charge in [-0.25, -0.2) is 0 Å². The Labute approximate surface area is 216 Å². The molecule has 0 spiro atoms. The number of hydrogen-bond acceptors (Lipinski definition) is 6. The molecule has 0 saturated carbocycles. The first-order valence-corrected chi connectivity index (χ1v) is 12.1. The minimum atomic E-state index is -0.312. The van der Waals surface area contributed by atoms with Crippen molar-refractivity contribution in [2.24, 2.45) is 5.73 Å². The first kappa shape index (κ1) is 26.8. The van der Waals surface area contributed by atoms with E-state index in [9.17, 15) is 4.79 Å². The van der Waals surface area contributed by atoms with Crippen LogP contribution >= 0.6 is 11.6 Å². The van der Waals surface area contributed by atoms with E-state index in [-0.39, 0.29) is 11.6 Å². The van der Waals surface area contributed by atoms with Gasteiger partial charge < -0.3 is 25.0 Å². The van der Waals surface area contributed by atoms with Crippen LogP contribution in [0.3, 0.4) is 0 Å². The fourth-order valence-electron chi connectivity index (χ4n) is 3.19. The number of amides is 1. The average molecular weight is 508 g/mol. The number of nitrogens with one attached hydrogen (secondary N) is 1. The van der Waals surface area contributed by atoms with Crippen molar-refractivity contribution in [3.05, 3.63) is 101 Å². The number of carbonyl (C=O) groups is 1. The molecule has 1 heterocycles. The van der Waals surface area contributed by atoms with Crippen molar-refractivity contribution in [1.29, 1.82) is 0 Å². The highest BCUT2D eigenvalue weighted by Crippen LogP contribution is 2.39. The number of carbonyl (C=O) groups excluding carboxylic acids is 1. The SMILES string of the molecule is CCN.CCNC(=O)c1cc(-c2cc(Cl)c(OCc3ccccc3)cc2OCc2ccccc2)on1. The van der Waals surface area contributed by atoms with Gasteiger partial charge >= 0.3 is 0 Å². The van der Waals surface area contributed by atoms with Gasteiger partial charge in [-0.3, -0.25) is 4.79 Å². The number of aromatic nitrogens is 1. The molecule has 1 amide bonds. The van der Waals surface area contributed by atoms with Crippen LogP contribution in [0.4, 0.5) is 0 Å². The second kappa shape index (κ2) is 13.9. The van der Waals surface area contributed by atoms with E-state index in [4.69, 9.17) is 31.3 Å². The summed E-state index contributed by atoms with van der Waals surface area (Å²) in [5, 5.41) is 6.98. The van der Waals surface area contributed by atoms with Crippen molar-refractivity contribution in [1.82, 2.24) is 10.5 Å². The van der Waals surface area contributed by atoms with Gasteiger partial charge in [-0.15, -0.1) is 0 Å². The number of ether oxygens (including phenoxy) is 2. The van der Waals surface area contributed by atoms with Gasteiger partial charge in [0.05, 0.1) is 10.6 Å². The van der Waals surface area contributed by atoms with Gasteiger partial charge in [0.15, 0.2) is 11.5 Å². The second-order valence-electron chi connectivity index (χ2n) is 7.67. The molecule has 4 rings (SSSR count). The summed E-state index contributed by atoms with van der Waals surface area (Å²) >= 11 is 6.53. The molecule has 0 fully saturated rings. The third-order valence-electron chi connectivity index (χ3n) is 4.85. The first-order chi connectivity index (χ1) is 17.5. The fraction of sp³-hybridized carbons (Fsp3) is 0.214. The molecule has 36 heavy (non-hydrogen) atoms. The summed E-state index contributed by atoms with van der Waals surface area (Å²) in [5.41, 5.74) is 7.63. The third-order valence-corrected chi connectivity index (χ3v) is 5.15. The van der Waals surface area contributed by atoms with E-state index < -0.39 is 0 Å². The van der Waals surface area contributed by atoms with Crippen LogP contribution in [-0.4, -0.2) is 24.2 Å². The fourth-order valence-corrected chi connectivity index (χ4v) is 3.41. The largest absolute Gasteiger partial charge is 0.488 e. The lowest BCUT2D eigenvalue weighted by Gasteiger charge is -2.14. The Morgan fingerprint density at radius 3 is 2.03 bits per heavy atom. The highest BCUT2D eigenvalue weighted by molar-refractivity contribution is 6.32. The Hall–Kier alpha value is -3.81. The van der Waals surface area contributed by atoms with Crippen LogP contribution in [-0.2, 0) is 13.2 Å². The van der Waals surface area contributed by atoms with E-state index in [1.807, 2.05) is 74.5 Å². The Balaban J connectivity index is 0.00000115. The molecule has 0 aliphatic carbocycles. The van der Waals surface area contributed by atoms with Crippen LogP contribution in [0.5, 0.6) is 11.5 Å². The van der Waals surface area contributed by atoms with E-state index in [0.717, 1.165) is 17.7 Å². The maximum atomic E-state index is 12.1. The minimum absolute atomic E-state index is 0.182. The highest BCUT2D eigenvalue weighted by atomic mass is 35.5. The second-order valence-corrected chi connectivity index (χ2v) is 8.08. The maximum absolute atomic E-state index is 12.1. The molecule has 8 heteroatoms. The Bertz CT molecular complexity index is 1230. The van der Waals surface area contributed by atoms with Gasteiger partial charge in [-0.2, -0.15) is 0 Å². The predicted octanol–water partition coefficient (Wildman–Crippen LogP) is 5.87. The van der Waals surface area contributed by atoms with Crippen LogP contribution in [0.2, 0.25) is 5.02 Å². The standard InChI is InChI=1S/C26H23ClN2O4.C2H7N/c1-2-28-26(30)22-14-24(33-29-22)20-13-21(27)25(32-17-19-11-7-4-8-12-19)15-23(20)31-16-18-9-5-3-6-10-18;1-2-3/h3-15H,2,16-17H2,1H3,(H,28,30);2-3H2,1H3. The van der Waals surface area contributed by atoms with Gasteiger partial charge in [-0.1, -0.05) is 84.3 Å². The quantitative estimate of drug-likeness (QED) is 0.294. The molecule has 0 unspecified atom stereocenters. The molecular formula is C28H30ClN3O4. The summed E-state index contributed by atoms with van der Waals surface area (Å²) in [6.45, 7) is 5.68. The monoisotopic (exact) mass is 507 g/mol. The van der Waals surface area contributed by atoms with Crippen molar-refractivity contribution in [2.45, 2.75) is 27.1 Å². The summed E-state index contributed by atoms with van der Waals surface area (Å²) < 4.78 is 17.5. The van der Waals surface area contributed by atoms with E-state index in [1.54, 1.807) is 18.2 Å². The number of hydrogen-bond donors (Lipinski definition) is 2. The zero-order valence-corrected chi connectivity index (χ0v) is 21.1. The average Bonchev–Trinajstić information content (AvgIpc) is 3.39. The van der Waals surface area contributed by atoms with Crippen LogP contribution in [0.1, 0.15) is 35.5 Å². The van der Waals surface area contributed by atoms with E-state index in [2.05, 4.69) is 10.5 Å². The van der Waals surface area contributed by atoms with E-state index in [1.165, 1.54) is 0 Å². The van der Waals surface area contributed by atoms with Gasteiger partial charge in [0.1, 0.15) is 24.7 Å². The van der Waals surface area contributed by atoms with Crippen LogP contribution in [0.25, 0.3) is 11.3 Å². The molecule has 0 bridgehead atoms. The molecule has 188 valence electrons. The van der Waals surface area contributed by atoms with Gasteiger partial charge in [-0.05, 0) is 30.7 Å². The lowest BCUT2D eigenvalue weighted by Crippen LogP contribution is -2.22. The van der Waals surface area contributed by atoms with Crippen LogP contribution < -0.4 is 20.5 Å². The first-order valence-electron chi connectivity index (χ1n) is 11.7. The van der Waals surface area contributed by atoms with Crippen LogP contribution in [0.15, 0.2) is 83.4 Å². The molecule has 0 atom stereocenters. The minimum Gasteiger partial charge on any atom is -0.488 e. The predicted molar refractivity (Wildman–Crippen MR) is 141 cm³/mol. The smallest absolute Gasteiger partial charge is 0.273 e. The Morgan fingerprint density at radius 1 is 0.917 bits per heavy atom. The maximum Gasteiger partial charge on any atom is 0.273 e. The van der Waals surface area contributed by atoms with Gasteiger partial charge in [0, 0.05) is 18.7 Å². The summed E-state index contributed by atoms with van der Waals surface area (Å²) in [6, 6.07) is 24.6. The number of nitrogens with zero attached hydrogens (tertiary/aromatic N) is 1. The summed E-state index contributed by atoms with van der Waals surface area (Å²) in [5.74, 6) is 1.05. The molecule has 0 aliphatic rings. The third kappa shape index (κ3) is 7.60. The van der Waals surface area contributed by atoms with E-state index >= 15 is 0 Å². The molecule has 4 aromatic rings. The summed E-state index contributed by atoms with van der Waals surface area (Å²) in [7, 11) is 0. The summed E-state index contributed by atoms with van der Waals surface area (Å²) in [6.07, 6.45) is 0. The number of benzene rings is 3. The number of nitrogens with two attached hydrogens (primary N) is 1. The highest BCUT2D eigenvalue weighted by Gasteiger charge is 2.19. The Morgan fingerprint density at radius 2 is 1.47 bits per heavy atom. The molecule has 7 nitrogen and oxygen atoms in total. The summed E-state index contributed by atoms with van der Waals surface area (Å²) in [4.78, 5) is 12.1. The lowest BCUT2D eigenvalue weighted by atomic mass is 10.1. The molecular weight excluding hydrogens is 478 g/mol. The molecule has 3 aromatic carbocycles. The lowest BCUT2D eigenvalue weighted by molar-refractivity contribution is 0.0947. The molecule has 1 aromatic heterocycles. The van der Waals surface area contributed by atoms with E-state index in [0.29, 0.717) is 47.6 Å². The topological polar surface area (TPSA) is 99.6 Å². The van der Waals surface area contributed by atoms with Gasteiger partial charge in [0.2, 0.25) is 0 Å². The number of halogens is 1. The van der Waals surface area contributed by atoms with Gasteiger partial charge in [0.25, 0.3) is 5.91 Å². The van der Waals surface area contributed by atoms with Crippen LogP contribution in [0, 0.1) is 0 Å². The molecule has 0 aliphatic heterocycles. The van der Waals surface area contributed by atoms with Crippen molar-refractivity contribution in [2.75, 3.05) is 13.1 Å². The zero-order chi connectivity index (χ0) is 25.8.